The van der Waals surface area contributed by atoms with Crippen LogP contribution in [0.1, 0.15) is 17.5 Å². The van der Waals surface area contributed by atoms with Crippen molar-refractivity contribution < 1.29 is 9.90 Å². The molecule has 0 spiro atoms. The Bertz CT molecular complexity index is 982. The van der Waals surface area contributed by atoms with E-state index >= 15 is 0 Å². The number of nitrogens with zero attached hydrogens (tertiary/aromatic N) is 2. The molecular formula is C19H18N2O3S. The number of hydrogen-bond acceptors (Lipinski definition) is 4. The van der Waals surface area contributed by atoms with Crippen LogP contribution in [0.4, 0.5) is 0 Å². The molecule has 0 unspecified atom stereocenters. The van der Waals surface area contributed by atoms with E-state index in [4.69, 9.17) is 5.11 Å². The third-order valence-corrected chi connectivity index (χ3v) is 4.77. The highest BCUT2D eigenvalue weighted by Crippen LogP contribution is 2.20. The molecule has 2 aromatic carbocycles. The summed E-state index contributed by atoms with van der Waals surface area (Å²) in [6.07, 6.45) is 0.0256. The largest absolute Gasteiger partial charge is 0.481 e. The second-order valence-electron chi connectivity index (χ2n) is 5.78. The number of aromatic nitrogens is 2. The monoisotopic (exact) mass is 354 g/mol. The summed E-state index contributed by atoms with van der Waals surface area (Å²) in [6, 6.07) is 15.2. The van der Waals surface area contributed by atoms with Crippen LogP contribution in [-0.2, 0) is 11.3 Å². The number of benzene rings is 2. The molecule has 0 aliphatic carbocycles. The molecule has 3 aromatic rings. The van der Waals surface area contributed by atoms with Crippen molar-refractivity contribution in [1.29, 1.82) is 0 Å². The van der Waals surface area contributed by atoms with E-state index in [0.717, 1.165) is 11.1 Å². The molecule has 0 aliphatic rings. The summed E-state index contributed by atoms with van der Waals surface area (Å²) in [7, 11) is 0. The van der Waals surface area contributed by atoms with E-state index in [9.17, 15) is 9.59 Å². The fourth-order valence-corrected chi connectivity index (χ4v) is 3.55. The number of aryl methyl sites for hydroxylation is 1. The van der Waals surface area contributed by atoms with Crippen LogP contribution >= 0.6 is 11.8 Å². The number of fused-ring (bicyclic) bond motifs is 1. The van der Waals surface area contributed by atoms with Gasteiger partial charge in [0.1, 0.15) is 0 Å². The first-order valence-electron chi connectivity index (χ1n) is 7.94. The van der Waals surface area contributed by atoms with Crippen LogP contribution in [0.15, 0.2) is 58.5 Å². The summed E-state index contributed by atoms with van der Waals surface area (Å²) in [6.45, 7) is 2.42. The molecule has 128 valence electrons. The average molecular weight is 354 g/mol. The zero-order valence-corrected chi connectivity index (χ0v) is 14.6. The highest BCUT2D eigenvalue weighted by molar-refractivity contribution is 7.99. The predicted octanol–water partition coefficient (Wildman–Crippen LogP) is 3.32. The lowest BCUT2D eigenvalue weighted by Gasteiger charge is -2.13. The summed E-state index contributed by atoms with van der Waals surface area (Å²) in [5.74, 6) is -0.491. The molecule has 0 amide bonds. The van der Waals surface area contributed by atoms with Gasteiger partial charge in [0.25, 0.3) is 5.56 Å². The molecule has 0 saturated heterocycles. The van der Waals surface area contributed by atoms with Crippen molar-refractivity contribution in [3.8, 4) is 0 Å². The number of thioether (sulfide) groups is 1. The Morgan fingerprint density at radius 3 is 2.76 bits per heavy atom. The molecular weight excluding hydrogens is 336 g/mol. The summed E-state index contributed by atoms with van der Waals surface area (Å²) < 4.78 is 1.63. The van der Waals surface area contributed by atoms with E-state index in [1.54, 1.807) is 16.7 Å². The minimum absolute atomic E-state index is 0.0256. The molecule has 0 aliphatic heterocycles. The SMILES string of the molecule is Cc1cccc(Cn2c(SCCC(=O)O)nc3ccccc3c2=O)c1. The molecule has 0 bridgehead atoms. The van der Waals surface area contributed by atoms with Gasteiger partial charge in [-0.3, -0.25) is 14.2 Å². The highest BCUT2D eigenvalue weighted by Gasteiger charge is 2.12. The van der Waals surface area contributed by atoms with Crippen molar-refractivity contribution in [3.05, 3.63) is 70.0 Å². The lowest BCUT2D eigenvalue weighted by Crippen LogP contribution is -2.24. The van der Waals surface area contributed by atoms with Gasteiger partial charge in [0, 0.05) is 5.75 Å². The summed E-state index contributed by atoms with van der Waals surface area (Å²) in [5.41, 5.74) is 2.66. The third-order valence-electron chi connectivity index (χ3n) is 3.80. The van der Waals surface area contributed by atoms with Gasteiger partial charge in [-0.15, -0.1) is 0 Å². The van der Waals surface area contributed by atoms with E-state index in [1.807, 2.05) is 43.3 Å². The average Bonchev–Trinajstić information content (AvgIpc) is 2.58. The summed E-state index contributed by atoms with van der Waals surface area (Å²) >= 11 is 1.30. The Balaban J connectivity index is 2.04. The first kappa shape index (κ1) is 17.2. The molecule has 3 rings (SSSR count). The number of carboxylic acid groups (broad SMARTS) is 1. The van der Waals surface area contributed by atoms with Crippen molar-refractivity contribution in [2.24, 2.45) is 0 Å². The van der Waals surface area contributed by atoms with E-state index in [-0.39, 0.29) is 12.0 Å². The van der Waals surface area contributed by atoms with Crippen molar-refractivity contribution in [2.75, 3.05) is 5.75 Å². The van der Waals surface area contributed by atoms with Crippen LogP contribution in [-0.4, -0.2) is 26.4 Å². The quantitative estimate of drug-likeness (QED) is 0.543. The van der Waals surface area contributed by atoms with E-state index in [2.05, 4.69) is 4.98 Å². The summed E-state index contributed by atoms with van der Waals surface area (Å²) in [4.78, 5) is 28.3. The second kappa shape index (κ2) is 7.53. The number of para-hydroxylation sites is 1. The topological polar surface area (TPSA) is 72.2 Å². The molecule has 5 nitrogen and oxygen atoms in total. The molecule has 1 heterocycles. The van der Waals surface area contributed by atoms with Gasteiger partial charge in [-0.2, -0.15) is 0 Å². The Morgan fingerprint density at radius 2 is 2.00 bits per heavy atom. The predicted molar refractivity (Wildman–Crippen MR) is 99.3 cm³/mol. The molecule has 25 heavy (non-hydrogen) atoms. The van der Waals surface area contributed by atoms with E-state index in [0.29, 0.717) is 28.4 Å². The van der Waals surface area contributed by atoms with Crippen LogP contribution in [0.2, 0.25) is 0 Å². The summed E-state index contributed by atoms with van der Waals surface area (Å²) in [5, 5.41) is 9.97. The zero-order chi connectivity index (χ0) is 17.8. The van der Waals surface area contributed by atoms with Gasteiger partial charge < -0.3 is 5.11 Å². The maximum atomic E-state index is 12.9. The van der Waals surface area contributed by atoms with Crippen molar-refractivity contribution in [1.82, 2.24) is 9.55 Å². The molecule has 0 radical (unpaired) electrons. The lowest BCUT2D eigenvalue weighted by molar-refractivity contribution is -0.136. The number of rotatable bonds is 6. The Hall–Kier alpha value is -2.60. The van der Waals surface area contributed by atoms with Crippen LogP contribution in [0, 0.1) is 6.92 Å². The van der Waals surface area contributed by atoms with Crippen LogP contribution in [0.5, 0.6) is 0 Å². The van der Waals surface area contributed by atoms with Gasteiger partial charge >= 0.3 is 5.97 Å². The van der Waals surface area contributed by atoms with Gasteiger partial charge in [0.2, 0.25) is 0 Å². The van der Waals surface area contributed by atoms with Crippen molar-refractivity contribution >= 4 is 28.6 Å². The maximum Gasteiger partial charge on any atom is 0.304 e. The number of aliphatic carboxylic acids is 1. The Morgan fingerprint density at radius 1 is 1.20 bits per heavy atom. The van der Waals surface area contributed by atoms with Crippen LogP contribution < -0.4 is 5.56 Å². The zero-order valence-electron chi connectivity index (χ0n) is 13.8. The number of hydrogen-bond donors (Lipinski definition) is 1. The van der Waals surface area contributed by atoms with Gasteiger partial charge in [-0.05, 0) is 24.6 Å². The Labute approximate surface area is 149 Å². The molecule has 1 aromatic heterocycles. The molecule has 0 fully saturated rings. The van der Waals surface area contributed by atoms with Crippen molar-refractivity contribution in [2.45, 2.75) is 25.0 Å². The van der Waals surface area contributed by atoms with Gasteiger partial charge in [-0.25, -0.2) is 4.98 Å². The van der Waals surface area contributed by atoms with E-state index < -0.39 is 5.97 Å². The third kappa shape index (κ3) is 4.09. The fourth-order valence-electron chi connectivity index (χ4n) is 2.62. The Kier molecular flexibility index (Phi) is 5.19. The fraction of sp³-hybridized carbons (Fsp3) is 0.211. The maximum absolute atomic E-state index is 12.9. The lowest BCUT2D eigenvalue weighted by atomic mass is 10.1. The van der Waals surface area contributed by atoms with Gasteiger partial charge in [-0.1, -0.05) is 53.7 Å². The number of carbonyl (C=O) groups is 1. The van der Waals surface area contributed by atoms with E-state index in [1.165, 1.54) is 11.8 Å². The molecule has 6 heteroatoms. The number of carboxylic acids is 1. The van der Waals surface area contributed by atoms with Gasteiger partial charge in [0.05, 0.1) is 23.9 Å². The smallest absolute Gasteiger partial charge is 0.304 e. The minimum atomic E-state index is -0.860. The van der Waals surface area contributed by atoms with Crippen molar-refractivity contribution in [3.63, 3.8) is 0 Å². The molecule has 0 atom stereocenters. The standard InChI is InChI=1S/C19H18N2O3S/c1-13-5-4-6-14(11-13)12-21-18(24)15-7-2-3-8-16(15)20-19(21)25-10-9-17(22)23/h2-8,11H,9-10,12H2,1H3,(H,22,23). The minimum Gasteiger partial charge on any atom is -0.481 e. The molecule has 0 saturated carbocycles. The highest BCUT2D eigenvalue weighted by atomic mass is 32.2. The molecule has 1 N–H and O–H groups in total. The first-order valence-corrected chi connectivity index (χ1v) is 8.93. The normalized spacial score (nSPS) is 10.9. The second-order valence-corrected chi connectivity index (χ2v) is 6.85. The van der Waals surface area contributed by atoms with Gasteiger partial charge in [0.15, 0.2) is 5.16 Å². The first-order chi connectivity index (χ1) is 12.0. The van der Waals surface area contributed by atoms with Crippen LogP contribution in [0.25, 0.3) is 10.9 Å². The van der Waals surface area contributed by atoms with Crippen LogP contribution in [0.3, 0.4) is 0 Å².